The summed E-state index contributed by atoms with van der Waals surface area (Å²) >= 11 is 0. The molecule has 0 bridgehead atoms. The minimum absolute atomic E-state index is 0.142. The molecule has 166 valence electrons. The van der Waals surface area contributed by atoms with E-state index in [4.69, 9.17) is 16.6 Å². The average molecular weight is 470 g/mol. The Morgan fingerprint density at radius 3 is 2.52 bits per heavy atom. The molecule has 0 fully saturated rings. The molecule has 3 rings (SSSR count). The Balaban J connectivity index is 2.34. The molecule has 0 amide bonds. The van der Waals surface area contributed by atoms with Crippen LogP contribution < -0.4 is 21.3 Å². The van der Waals surface area contributed by atoms with Crippen molar-refractivity contribution in [2.45, 2.75) is 15.9 Å². The Hall–Kier alpha value is -3.02. The number of nitrogens with one attached hydrogen (secondary N) is 2. The van der Waals surface area contributed by atoms with Crippen LogP contribution in [0.3, 0.4) is 0 Å². The van der Waals surface area contributed by atoms with Crippen molar-refractivity contribution in [1.29, 1.82) is 0 Å². The first-order valence-electron chi connectivity index (χ1n) is 8.58. The van der Waals surface area contributed by atoms with E-state index >= 15 is 0 Å². The number of nitrogen functional groups attached to an aromatic ring is 1. The highest BCUT2D eigenvalue weighted by Gasteiger charge is 2.32. The molecule has 0 radical (unpaired) electrons. The number of hydrogen-bond acceptors (Lipinski definition) is 11. The molecular formula is C15H19N9O5S2. The molecule has 0 unspecified atom stereocenters. The summed E-state index contributed by atoms with van der Waals surface area (Å²) in [5.41, 5.74) is 11.4. The molecule has 0 saturated heterocycles. The number of pyridine rings is 1. The first-order valence-corrected chi connectivity index (χ1v) is 11.6. The van der Waals surface area contributed by atoms with Crippen LogP contribution in [0.4, 0.5) is 5.82 Å². The van der Waals surface area contributed by atoms with Crippen LogP contribution in [0, 0.1) is 0 Å². The Labute approximate surface area is 177 Å². The number of rotatable bonds is 8. The summed E-state index contributed by atoms with van der Waals surface area (Å²) in [6, 6.07) is 5.40. The van der Waals surface area contributed by atoms with Gasteiger partial charge in [0.2, 0.25) is 25.9 Å². The van der Waals surface area contributed by atoms with E-state index in [9.17, 15) is 21.9 Å². The molecule has 2 heterocycles. The third-order valence-corrected chi connectivity index (χ3v) is 6.73. The third-order valence-electron chi connectivity index (χ3n) is 4.14. The molecule has 1 atom stereocenters. The molecule has 3 aromatic rings. The lowest BCUT2D eigenvalue weighted by Gasteiger charge is -2.17. The minimum atomic E-state index is -4.63. The van der Waals surface area contributed by atoms with E-state index in [2.05, 4.69) is 30.3 Å². The van der Waals surface area contributed by atoms with Gasteiger partial charge in [0.05, 0.1) is 11.7 Å². The Bertz CT molecular complexity index is 1290. The Kier molecular flexibility index (Phi) is 6.30. The highest BCUT2D eigenvalue weighted by molar-refractivity contribution is 7.92. The van der Waals surface area contributed by atoms with E-state index in [1.54, 1.807) is 0 Å². The van der Waals surface area contributed by atoms with Gasteiger partial charge in [-0.05, 0) is 34.5 Å². The number of primary sulfonamides is 1. The molecule has 14 nitrogen and oxygen atoms in total. The molecule has 0 aliphatic heterocycles. The molecule has 0 aliphatic rings. The maximum Gasteiger partial charge on any atom is 0.242 e. The number of hydrogen-bond donors (Lipinski definition) is 6. The van der Waals surface area contributed by atoms with Gasteiger partial charge in [0, 0.05) is 19.3 Å². The molecule has 0 spiro atoms. The van der Waals surface area contributed by atoms with E-state index in [-0.39, 0.29) is 29.3 Å². The number of H-pyrrole nitrogens is 1. The number of aromatic nitrogens is 5. The van der Waals surface area contributed by atoms with Crippen molar-refractivity contribution < 1.29 is 21.9 Å². The van der Waals surface area contributed by atoms with Gasteiger partial charge in [-0.1, -0.05) is 6.07 Å². The largest absolute Gasteiger partial charge is 0.390 e. The average Bonchev–Trinajstić information content (AvgIpc) is 3.25. The van der Waals surface area contributed by atoms with Crippen LogP contribution in [-0.4, -0.2) is 66.7 Å². The second kappa shape index (κ2) is 8.61. The zero-order valence-electron chi connectivity index (χ0n) is 15.8. The van der Waals surface area contributed by atoms with E-state index in [0.717, 1.165) is 6.07 Å². The van der Waals surface area contributed by atoms with Gasteiger partial charge in [0.15, 0.2) is 0 Å². The minimum Gasteiger partial charge on any atom is -0.390 e. The lowest BCUT2D eigenvalue weighted by atomic mass is 10.00. The monoisotopic (exact) mass is 469 g/mol. The summed E-state index contributed by atoms with van der Waals surface area (Å²) in [6.07, 6.45) is 0.213. The van der Waals surface area contributed by atoms with Crippen molar-refractivity contribution in [2.24, 2.45) is 10.9 Å². The number of anilines is 1. The summed E-state index contributed by atoms with van der Waals surface area (Å²) < 4.78 is 52.9. The van der Waals surface area contributed by atoms with Gasteiger partial charge in [-0.2, -0.15) is 5.21 Å². The highest BCUT2D eigenvalue weighted by Crippen LogP contribution is 2.38. The van der Waals surface area contributed by atoms with E-state index in [1.165, 1.54) is 24.4 Å². The Morgan fingerprint density at radius 1 is 1.19 bits per heavy atom. The zero-order valence-corrected chi connectivity index (χ0v) is 17.4. The standard InChI is InChI=1S/C15H19N9O5S2/c16-6-9(25)7-20-31(28,29)11-2-1-10(8-3-4-19-12(17)5-8)13(14(11)30(18,26)27)15-21-23-24-22-15/h1-5,9,20,25H,6-7,16H2,(H2,17,19)(H2,18,26,27)(H,21,22,23,24)/t9-/m0/s1. The van der Waals surface area contributed by atoms with Crippen LogP contribution in [0.2, 0.25) is 0 Å². The fraction of sp³-hybridized carbons (Fsp3) is 0.200. The van der Waals surface area contributed by atoms with Crippen LogP contribution in [0.5, 0.6) is 0 Å². The number of nitrogens with zero attached hydrogens (tertiary/aromatic N) is 4. The Morgan fingerprint density at radius 2 is 1.94 bits per heavy atom. The number of benzene rings is 1. The van der Waals surface area contributed by atoms with Crippen molar-refractivity contribution in [1.82, 2.24) is 30.3 Å². The molecule has 16 heteroatoms. The molecule has 0 saturated carbocycles. The van der Waals surface area contributed by atoms with Gasteiger partial charge in [0.25, 0.3) is 0 Å². The van der Waals surface area contributed by atoms with Crippen LogP contribution in [0.15, 0.2) is 40.3 Å². The van der Waals surface area contributed by atoms with Crippen LogP contribution in [0.25, 0.3) is 22.5 Å². The summed E-state index contributed by atoms with van der Waals surface area (Å²) in [6.45, 7) is -0.649. The molecular weight excluding hydrogens is 450 g/mol. The van der Waals surface area contributed by atoms with Gasteiger partial charge in [-0.15, -0.1) is 10.2 Å². The SMILES string of the molecule is NC[C@H](O)CNS(=O)(=O)c1ccc(-c2ccnc(N)c2)c(-c2nn[nH]n2)c1S(N)(=O)=O. The fourth-order valence-corrected chi connectivity index (χ4v) is 5.44. The number of tetrazole rings is 1. The molecule has 1 aromatic carbocycles. The summed E-state index contributed by atoms with van der Waals surface area (Å²) in [4.78, 5) is 2.46. The van der Waals surface area contributed by atoms with Gasteiger partial charge >= 0.3 is 0 Å². The van der Waals surface area contributed by atoms with Gasteiger partial charge < -0.3 is 16.6 Å². The molecule has 31 heavy (non-hydrogen) atoms. The quantitative estimate of drug-likeness (QED) is 0.206. The summed E-state index contributed by atoms with van der Waals surface area (Å²) in [7, 11) is -9.08. The number of nitrogens with two attached hydrogens (primary N) is 3. The smallest absolute Gasteiger partial charge is 0.242 e. The lowest BCUT2D eigenvalue weighted by Crippen LogP contribution is -2.36. The van der Waals surface area contributed by atoms with Gasteiger partial charge in [-0.3, -0.25) is 0 Å². The second-order valence-electron chi connectivity index (χ2n) is 6.31. The zero-order chi connectivity index (χ0) is 22.8. The summed E-state index contributed by atoms with van der Waals surface area (Å²) in [5, 5.41) is 28.2. The van der Waals surface area contributed by atoms with Crippen LogP contribution in [-0.2, 0) is 20.0 Å². The van der Waals surface area contributed by atoms with Crippen LogP contribution in [0.1, 0.15) is 0 Å². The molecule has 9 N–H and O–H groups in total. The third kappa shape index (κ3) is 4.84. The van der Waals surface area contributed by atoms with E-state index < -0.39 is 42.5 Å². The predicted octanol–water partition coefficient (Wildman–Crippen LogP) is -2.24. The second-order valence-corrected chi connectivity index (χ2v) is 9.54. The fourth-order valence-electron chi connectivity index (χ4n) is 2.77. The van der Waals surface area contributed by atoms with E-state index in [1.807, 2.05) is 0 Å². The maximum absolute atomic E-state index is 12.9. The van der Waals surface area contributed by atoms with Gasteiger partial charge in [0.1, 0.15) is 15.6 Å². The van der Waals surface area contributed by atoms with Crippen molar-refractivity contribution in [3.05, 3.63) is 30.5 Å². The van der Waals surface area contributed by atoms with Crippen molar-refractivity contribution in [3.63, 3.8) is 0 Å². The summed E-state index contributed by atoms with van der Waals surface area (Å²) in [5.74, 6) is -0.0729. The van der Waals surface area contributed by atoms with Crippen molar-refractivity contribution in [2.75, 3.05) is 18.8 Å². The number of aliphatic hydroxyl groups excluding tert-OH is 1. The van der Waals surface area contributed by atoms with Crippen molar-refractivity contribution >= 4 is 25.9 Å². The predicted molar refractivity (Wildman–Crippen MR) is 109 cm³/mol. The first kappa shape index (κ1) is 22.7. The van der Waals surface area contributed by atoms with E-state index in [0.29, 0.717) is 5.56 Å². The highest BCUT2D eigenvalue weighted by atomic mass is 32.2. The van der Waals surface area contributed by atoms with Crippen molar-refractivity contribution in [3.8, 4) is 22.5 Å². The first-order chi connectivity index (χ1) is 14.5. The normalized spacial score (nSPS) is 13.3. The van der Waals surface area contributed by atoms with Gasteiger partial charge in [-0.25, -0.2) is 31.7 Å². The maximum atomic E-state index is 12.9. The number of sulfonamides is 2. The molecule has 0 aliphatic carbocycles. The topological polar surface area (TPSA) is 246 Å². The lowest BCUT2D eigenvalue weighted by molar-refractivity contribution is 0.186. The molecule has 2 aromatic heterocycles. The number of aliphatic hydroxyl groups is 1. The van der Waals surface area contributed by atoms with Crippen LogP contribution >= 0.6 is 0 Å². The number of aromatic amines is 1.